The first-order valence-electron chi connectivity index (χ1n) is 7.85. The molecule has 0 aliphatic carbocycles. The smallest absolute Gasteiger partial charge is 0.261 e. The average Bonchev–Trinajstić information content (AvgIpc) is 3.27. The molecule has 25 heavy (non-hydrogen) atoms. The molecule has 0 aliphatic rings. The van der Waals surface area contributed by atoms with Crippen LogP contribution in [0.15, 0.2) is 47.8 Å². The van der Waals surface area contributed by atoms with Crippen LogP contribution in [0.2, 0.25) is 0 Å². The molecular weight excluding hydrogens is 334 g/mol. The molecule has 2 aromatic heterocycles. The van der Waals surface area contributed by atoms with Crippen molar-refractivity contribution in [3.8, 4) is 11.8 Å². The third-order valence-corrected chi connectivity index (χ3v) is 4.60. The molecule has 3 rings (SSSR count). The van der Waals surface area contributed by atoms with Gasteiger partial charge in [0, 0.05) is 6.54 Å². The normalized spacial score (nSPS) is 10.4. The Labute approximate surface area is 149 Å². The maximum Gasteiger partial charge on any atom is 0.261 e. The molecule has 3 aromatic rings. The van der Waals surface area contributed by atoms with Gasteiger partial charge in [0.15, 0.2) is 0 Å². The Bertz CT molecular complexity index is 894. The van der Waals surface area contributed by atoms with E-state index in [1.807, 2.05) is 41.8 Å². The Morgan fingerprint density at radius 1 is 1.28 bits per heavy atom. The fraction of sp³-hybridized carbons (Fsp3) is 0.167. The summed E-state index contributed by atoms with van der Waals surface area (Å²) in [5.41, 5.74) is 7.93. The number of para-hydroxylation sites is 1. The quantitative estimate of drug-likeness (QED) is 0.667. The zero-order valence-electron chi connectivity index (χ0n) is 13.5. The number of hydrogen-bond acceptors (Lipinski definition) is 5. The molecule has 7 heteroatoms. The molecule has 0 spiro atoms. The highest BCUT2D eigenvalue weighted by Gasteiger charge is 2.16. The van der Waals surface area contributed by atoms with E-state index in [0.29, 0.717) is 41.3 Å². The molecule has 0 radical (unpaired) electrons. The molecule has 0 atom stereocenters. The van der Waals surface area contributed by atoms with E-state index in [-0.39, 0.29) is 5.91 Å². The third-order valence-electron chi connectivity index (χ3n) is 3.73. The first-order chi connectivity index (χ1) is 12.2. The van der Waals surface area contributed by atoms with E-state index in [1.54, 1.807) is 10.7 Å². The molecule has 126 valence electrons. The van der Waals surface area contributed by atoms with Crippen LogP contribution in [0.5, 0.6) is 0 Å². The van der Waals surface area contributed by atoms with Gasteiger partial charge in [-0.25, -0.2) is 4.68 Å². The van der Waals surface area contributed by atoms with Crippen LogP contribution in [-0.4, -0.2) is 22.2 Å². The molecule has 3 N–H and O–H groups in total. The van der Waals surface area contributed by atoms with Gasteiger partial charge >= 0.3 is 0 Å². The summed E-state index contributed by atoms with van der Waals surface area (Å²) in [4.78, 5) is 12.6. The molecule has 0 aliphatic heterocycles. The van der Waals surface area contributed by atoms with E-state index in [4.69, 9.17) is 5.73 Å². The van der Waals surface area contributed by atoms with Gasteiger partial charge in [-0.15, -0.1) is 11.3 Å². The molecule has 0 saturated heterocycles. The fourth-order valence-electron chi connectivity index (χ4n) is 2.49. The van der Waals surface area contributed by atoms with Crippen molar-refractivity contribution in [3.63, 3.8) is 0 Å². The lowest BCUT2D eigenvalue weighted by Gasteiger charge is -2.03. The number of nitriles is 1. The van der Waals surface area contributed by atoms with Crippen LogP contribution in [0.25, 0.3) is 5.69 Å². The summed E-state index contributed by atoms with van der Waals surface area (Å²) in [5.74, 6) is 0.260. The highest BCUT2D eigenvalue weighted by Crippen LogP contribution is 2.21. The molecule has 0 fully saturated rings. The van der Waals surface area contributed by atoms with Crippen molar-refractivity contribution in [1.82, 2.24) is 15.1 Å². The number of aromatic nitrogens is 2. The number of amides is 1. The lowest BCUT2D eigenvalue weighted by molar-refractivity contribution is 0.0957. The summed E-state index contributed by atoms with van der Waals surface area (Å²) in [7, 11) is 0. The number of rotatable bonds is 6. The SMILES string of the molecule is N#Cc1c(CCCNC(=O)c2cccs2)nn(-c2ccccc2)c1N. The zero-order valence-corrected chi connectivity index (χ0v) is 14.3. The van der Waals surface area contributed by atoms with E-state index >= 15 is 0 Å². The monoisotopic (exact) mass is 351 g/mol. The maximum atomic E-state index is 11.9. The third kappa shape index (κ3) is 3.70. The molecule has 0 unspecified atom stereocenters. The number of carbonyl (C=O) groups excluding carboxylic acids is 1. The van der Waals surface area contributed by atoms with Gasteiger partial charge in [-0.05, 0) is 36.4 Å². The van der Waals surface area contributed by atoms with Gasteiger partial charge in [-0.3, -0.25) is 4.79 Å². The fourth-order valence-corrected chi connectivity index (χ4v) is 3.13. The number of nitrogen functional groups attached to an aromatic ring is 1. The number of aryl methyl sites for hydroxylation is 1. The predicted molar refractivity (Wildman–Crippen MR) is 97.7 cm³/mol. The second-order valence-corrected chi connectivity index (χ2v) is 6.35. The van der Waals surface area contributed by atoms with Crippen molar-refractivity contribution >= 4 is 23.1 Å². The van der Waals surface area contributed by atoms with Crippen LogP contribution in [0.1, 0.15) is 27.3 Å². The number of nitrogens with zero attached hydrogens (tertiary/aromatic N) is 3. The number of thiophene rings is 1. The Morgan fingerprint density at radius 3 is 2.76 bits per heavy atom. The molecule has 0 saturated carbocycles. The van der Waals surface area contributed by atoms with Crippen molar-refractivity contribution in [2.45, 2.75) is 12.8 Å². The standard InChI is InChI=1S/C18H17N5OS/c19-12-14-15(8-4-10-21-18(24)16-9-5-11-25-16)22-23(17(14)20)13-6-2-1-3-7-13/h1-3,5-7,9,11H,4,8,10,20H2,(H,21,24). The molecule has 6 nitrogen and oxygen atoms in total. The summed E-state index contributed by atoms with van der Waals surface area (Å²) in [5, 5.41) is 18.6. The second kappa shape index (κ2) is 7.64. The number of nitrogens with one attached hydrogen (secondary N) is 1. The first kappa shape index (κ1) is 16.7. The average molecular weight is 351 g/mol. The maximum absolute atomic E-state index is 11.9. The van der Waals surface area contributed by atoms with Crippen LogP contribution in [0, 0.1) is 11.3 Å². The van der Waals surface area contributed by atoms with Crippen LogP contribution in [-0.2, 0) is 6.42 Å². The van der Waals surface area contributed by atoms with Crippen molar-refractivity contribution in [2.75, 3.05) is 12.3 Å². The van der Waals surface area contributed by atoms with Crippen LogP contribution in [0.3, 0.4) is 0 Å². The topological polar surface area (TPSA) is 96.7 Å². The van der Waals surface area contributed by atoms with Gasteiger partial charge in [-0.2, -0.15) is 10.4 Å². The van der Waals surface area contributed by atoms with E-state index in [2.05, 4.69) is 16.5 Å². The van der Waals surface area contributed by atoms with E-state index in [9.17, 15) is 10.1 Å². The lowest BCUT2D eigenvalue weighted by atomic mass is 10.1. The minimum absolute atomic E-state index is 0.0789. The van der Waals surface area contributed by atoms with Crippen molar-refractivity contribution in [2.24, 2.45) is 0 Å². The molecule has 0 bridgehead atoms. The van der Waals surface area contributed by atoms with Gasteiger partial charge in [0.05, 0.1) is 16.3 Å². The number of hydrogen-bond donors (Lipinski definition) is 2. The van der Waals surface area contributed by atoms with Crippen molar-refractivity contribution in [1.29, 1.82) is 5.26 Å². The number of anilines is 1. The van der Waals surface area contributed by atoms with Crippen molar-refractivity contribution < 1.29 is 4.79 Å². The predicted octanol–water partition coefficient (Wildman–Crippen LogP) is 2.75. The lowest BCUT2D eigenvalue weighted by Crippen LogP contribution is -2.23. The molecule has 1 amide bonds. The highest BCUT2D eigenvalue weighted by atomic mass is 32.1. The molecular formula is C18H17N5OS. The van der Waals surface area contributed by atoms with E-state index in [1.165, 1.54) is 11.3 Å². The van der Waals surface area contributed by atoms with Crippen LogP contribution < -0.4 is 11.1 Å². The van der Waals surface area contributed by atoms with Gasteiger partial charge < -0.3 is 11.1 Å². The first-order valence-corrected chi connectivity index (χ1v) is 8.73. The van der Waals surface area contributed by atoms with Gasteiger partial charge in [0.2, 0.25) is 0 Å². The van der Waals surface area contributed by atoms with Crippen LogP contribution in [0.4, 0.5) is 5.82 Å². The highest BCUT2D eigenvalue weighted by molar-refractivity contribution is 7.12. The summed E-state index contributed by atoms with van der Waals surface area (Å²) < 4.78 is 1.58. The van der Waals surface area contributed by atoms with E-state index < -0.39 is 0 Å². The largest absolute Gasteiger partial charge is 0.382 e. The van der Waals surface area contributed by atoms with E-state index in [0.717, 1.165) is 5.69 Å². The number of benzene rings is 1. The Hall–Kier alpha value is -3.11. The second-order valence-electron chi connectivity index (χ2n) is 5.40. The molecule has 1 aromatic carbocycles. The summed E-state index contributed by atoms with van der Waals surface area (Å²) in [6.07, 6.45) is 1.24. The summed E-state index contributed by atoms with van der Waals surface area (Å²) >= 11 is 1.41. The van der Waals surface area contributed by atoms with Gasteiger partial charge in [0.1, 0.15) is 17.5 Å². The summed E-state index contributed by atoms with van der Waals surface area (Å²) in [6, 6.07) is 15.2. The Morgan fingerprint density at radius 2 is 2.08 bits per heavy atom. The molecule has 2 heterocycles. The number of nitrogens with two attached hydrogens (primary N) is 1. The Kier molecular flexibility index (Phi) is 5.11. The van der Waals surface area contributed by atoms with Crippen LogP contribution >= 0.6 is 11.3 Å². The Balaban J connectivity index is 1.65. The van der Waals surface area contributed by atoms with Crippen molar-refractivity contribution in [3.05, 3.63) is 64.0 Å². The van der Waals surface area contributed by atoms with Gasteiger partial charge in [0.25, 0.3) is 5.91 Å². The minimum atomic E-state index is -0.0789. The minimum Gasteiger partial charge on any atom is -0.382 e. The zero-order chi connectivity index (χ0) is 17.6. The number of carbonyl (C=O) groups is 1. The van der Waals surface area contributed by atoms with Gasteiger partial charge in [-0.1, -0.05) is 24.3 Å². The summed E-state index contributed by atoms with van der Waals surface area (Å²) in [6.45, 7) is 0.514.